The molecule has 2 heterocycles. The van der Waals surface area contributed by atoms with E-state index in [1.54, 1.807) is 12.1 Å². The van der Waals surface area contributed by atoms with Crippen molar-refractivity contribution in [1.29, 1.82) is 0 Å². The third-order valence-electron chi connectivity index (χ3n) is 7.29. The average molecular weight is 726 g/mol. The second kappa shape index (κ2) is 18.4. The zero-order chi connectivity index (χ0) is 38.0. The van der Waals surface area contributed by atoms with Crippen LogP contribution in [0.25, 0.3) is 0 Å². The van der Waals surface area contributed by atoms with Gasteiger partial charge in [-0.3, -0.25) is 33.6 Å². The first-order valence-electron chi connectivity index (χ1n) is 15.9. The number of rotatable bonds is 13. The zero-order valence-corrected chi connectivity index (χ0v) is 29.4. The Labute approximate surface area is 293 Å². The molecule has 0 saturated carbocycles. The molecule has 1 aromatic carbocycles. The number of anilines is 1. The van der Waals surface area contributed by atoms with Gasteiger partial charge in [-0.05, 0) is 19.1 Å². The number of benzene rings is 1. The maximum atomic E-state index is 12.6. The van der Waals surface area contributed by atoms with E-state index >= 15 is 0 Å². The highest BCUT2D eigenvalue weighted by Crippen LogP contribution is 2.35. The van der Waals surface area contributed by atoms with Crippen LogP contribution in [0.4, 0.5) is 5.69 Å². The minimum Gasteiger partial charge on any atom is -0.463 e. The molecule has 282 valence electrons. The molecule has 0 bridgehead atoms. The van der Waals surface area contributed by atoms with Gasteiger partial charge in [-0.15, -0.1) is 0 Å². The molecular weight excluding hydrogens is 682 g/mol. The molecular formula is C33H43NO17. The molecule has 18 nitrogen and oxygen atoms in total. The first-order chi connectivity index (χ1) is 23.9. The molecule has 0 unspecified atom stereocenters. The van der Waals surface area contributed by atoms with E-state index in [2.05, 4.69) is 5.32 Å². The molecule has 0 aromatic heterocycles. The summed E-state index contributed by atoms with van der Waals surface area (Å²) < 4.78 is 56.8. The summed E-state index contributed by atoms with van der Waals surface area (Å²) in [5, 5.41) is 3.09. The van der Waals surface area contributed by atoms with Crippen molar-refractivity contribution in [1.82, 2.24) is 0 Å². The van der Waals surface area contributed by atoms with Crippen LogP contribution in [0.1, 0.15) is 54.0 Å². The van der Waals surface area contributed by atoms with Gasteiger partial charge in [-0.1, -0.05) is 17.7 Å². The van der Waals surface area contributed by atoms with E-state index in [1.807, 2.05) is 19.1 Å². The van der Waals surface area contributed by atoms with Crippen molar-refractivity contribution in [2.24, 2.45) is 0 Å². The highest BCUT2D eigenvalue weighted by atomic mass is 16.8. The summed E-state index contributed by atoms with van der Waals surface area (Å²) in [6.07, 6.45) is -14.9. The fourth-order valence-electron chi connectivity index (χ4n) is 5.44. The van der Waals surface area contributed by atoms with Gasteiger partial charge in [0, 0.05) is 54.2 Å². The summed E-state index contributed by atoms with van der Waals surface area (Å²) in [5.41, 5.74) is 1.47. The van der Waals surface area contributed by atoms with Crippen LogP contribution in [0.5, 0.6) is 0 Å². The smallest absolute Gasteiger partial charge is 0.303 e. The second-order valence-electron chi connectivity index (χ2n) is 11.7. The number of hydrogen-bond donors (Lipinski definition) is 1. The molecule has 2 saturated heterocycles. The van der Waals surface area contributed by atoms with Gasteiger partial charge in [0.25, 0.3) is 0 Å². The molecule has 10 atom stereocenters. The molecule has 18 heteroatoms. The van der Waals surface area contributed by atoms with Crippen molar-refractivity contribution in [2.75, 3.05) is 18.5 Å². The maximum absolute atomic E-state index is 12.6. The first-order valence-corrected chi connectivity index (χ1v) is 15.9. The number of hydrogen-bond acceptors (Lipinski definition) is 18. The molecule has 2 fully saturated rings. The van der Waals surface area contributed by atoms with Crippen molar-refractivity contribution in [3.8, 4) is 0 Å². The Balaban J connectivity index is 2.16. The lowest BCUT2D eigenvalue weighted by Gasteiger charge is -2.49. The predicted octanol–water partition coefficient (Wildman–Crippen LogP) is 1.03. The van der Waals surface area contributed by atoms with E-state index < -0.39 is 116 Å². The third-order valence-corrected chi connectivity index (χ3v) is 7.29. The average Bonchev–Trinajstić information content (AvgIpc) is 3.00. The van der Waals surface area contributed by atoms with Gasteiger partial charge < -0.3 is 52.7 Å². The monoisotopic (exact) mass is 725 g/mol. The summed E-state index contributed by atoms with van der Waals surface area (Å²) >= 11 is 0. The SMILES string of the molecule is CC(=O)OC[C@H]1O[C@@H](O[C@H]2[C@H](OC(C)=O)[C@@H](OC(C)=O)[C@H](Nc3ccc(C)cc3)O[C@@H]2COC(C)=O)[C@H](OC(C)=O)[C@@H](OC(C)=O)[C@H]1OC(C)=O. The van der Waals surface area contributed by atoms with Gasteiger partial charge in [-0.25, -0.2) is 0 Å². The van der Waals surface area contributed by atoms with Crippen LogP contribution < -0.4 is 5.32 Å². The van der Waals surface area contributed by atoms with Gasteiger partial charge in [-0.2, -0.15) is 0 Å². The van der Waals surface area contributed by atoms with Crippen molar-refractivity contribution in [3.05, 3.63) is 29.8 Å². The van der Waals surface area contributed by atoms with E-state index in [0.29, 0.717) is 5.69 Å². The summed E-state index contributed by atoms with van der Waals surface area (Å²) in [6, 6.07) is 7.07. The highest BCUT2D eigenvalue weighted by Gasteiger charge is 2.57. The van der Waals surface area contributed by atoms with Crippen LogP contribution in [0.2, 0.25) is 0 Å². The number of carbonyl (C=O) groups is 7. The molecule has 0 amide bonds. The molecule has 2 aliphatic heterocycles. The van der Waals surface area contributed by atoms with E-state index in [4.69, 9.17) is 47.4 Å². The van der Waals surface area contributed by atoms with E-state index in [-0.39, 0.29) is 0 Å². The van der Waals surface area contributed by atoms with E-state index in [9.17, 15) is 33.6 Å². The summed E-state index contributed by atoms with van der Waals surface area (Å²) in [4.78, 5) is 85.6. The number of carbonyl (C=O) groups excluding carboxylic acids is 7. The fraction of sp³-hybridized carbons (Fsp3) is 0.606. The Morgan fingerprint density at radius 2 is 0.941 bits per heavy atom. The standard InChI is InChI=1S/C33H43NO17/c1-15-9-11-23(12-10-15)34-32-30(47-21(7)40)28(45-19(5)38)27(24(49-32)13-42-16(2)35)51-33-31(48-22(8)41)29(46-20(6)39)26(44-18(4)37)25(50-33)14-43-17(3)36/h9-12,24-34H,13-14H2,1-8H3/t24-,25-,26+,27-,28+,29+,30-,31-,32-,33+/m1/s1. The lowest BCUT2D eigenvalue weighted by Crippen LogP contribution is -2.67. The van der Waals surface area contributed by atoms with Gasteiger partial charge in [0.1, 0.15) is 31.5 Å². The van der Waals surface area contributed by atoms with Gasteiger partial charge in [0.05, 0.1) is 0 Å². The number of nitrogens with one attached hydrogen (secondary N) is 1. The van der Waals surface area contributed by atoms with Crippen molar-refractivity contribution in [2.45, 2.75) is 117 Å². The molecule has 0 aliphatic carbocycles. The quantitative estimate of drug-likeness (QED) is 0.221. The van der Waals surface area contributed by atoms with Crippen molar-refractivity contribution < 1.29 is 80.9 Å². The first kappa shape index (κ1) is 40.6. The summed E-state index contributed by atoms with van der Waals surface area (Å²) in [6.45, 7) is 8.45. The largest absolute Gasteiger partial charge is 0.463 e. The third kappa shape index (κ3) is 12.2. The molecule has 0 spiro atoms. The van der Waals surface area contributed by atoms with Crippen LogP contribution in [-0.2, 0) is 80.9 Å². The van der Waals surface area contributed by atoms with Gasteiger partial charge in [0.2, 0.25) is 0 Å². The van der Waals surface area contributed by atoms with Gasteiger partial charge >= 0.3 is 41.8 Å². The Morgan fingerprint density at radius 1 is 0.529 bits per heavy atom. The topological polar surface area (TPSA) is 224 Å². The summed E-state index contributed by atoms with van der Waals surface area (Å²) in [7, 11) is 0. The number of aryl methyl sites for hydroxylation is 1. The Bertz CT molecular complexity index is 1430. The number of ether oxygens (including phenoxy) is 10. The zero-order valence-electron chi connectivity index (χ0n) is 29.4. The van der Waals surface area contributed by atoms with E-state index in [1.165, 1.54) is 0 Å². The molecule has 51 heavy (non-hydrogen) atoms. The maximum Gasteiger partial charge on any atom is 0.303 e. The van der Waals surface area contributed by atoms with Crippen molar-refractivity contribution in [3.63, 3.8) is 0 Å². The van der Waals surface area contributed by atoms with Crippen LogP contribution in [0.15, 0.2) is 24.3 Å². The van der Waals surface area contributed by atoms with Crippen molar-refractivity contribution >= 4 is 47.5 Å². The van der Waals surface area contributed by atoms with Crippen LogP contribution in [-0.4, -0.2) is 116 Å². The Kier molecular flexibility index (Phi) is 14.7. The second-order valence-corrected chi connectivity index (χ2v) is 11.7. The molecule has 1 aromatic rings. The molecule has 3 rings (SSSR count). The van der Waals surface area contributed by atoms with Crippen LogP contribution in [0.3, 0.4) is 0 Å². The highest BCUT2D eigenvalue weighted by molar-refractivity contribution is 5.69. The molecule has 0 radical (unpaired) electrons. The molecule has 1 N–H and O–H groups in total. The Hall–Kier alpha value is -4.81. The minimum atomic E-state index is -1.77. The normalized spacial score (nSPS) is 28.6. The predicted molar refractivity (Wildman–Crippen MR) is 168 cm³/mol. The lowest BCUT2D eigenvalue weighted by molar-refractivity contribution is -0.343. The van der Waals surface area contributed by atoms with E-state index in [0.717, 1.165) is 54.0 Å². The lowest BCUT2D eigenvalue weighted by atomic mass is 9.95. The minimum absolute atomic E-state index is 0.498. The van der Waals surface area contributed by atoms with Gasteiger partial charge in [0.15, 0.2) is 43.0 Å². The fourth-order valence-corrected chi connectivity index (χ4v) is 5.44. The van der Waals surface area contributed by atoms with Crippen LogP contribution >= 0.6 is 0 Å². The summed E-state index contributed by atoms with van der Waals surface area (Å²) in [5.74, 6) is -5.70. The molecule has 2 aliphatic rings. The van der Waals surface area contributed by atoms with Crippen LogP contribution in [0, 0.1) is 6.92 Å². The number of esters is 7. The Morgan fingerprint density at radius 3 is 1.41 bits per heavy atom.